The Morgan fingerprint density at radius 3 is 2.03 bits per heavy atom. The number of nitrogens with one attached hydrogen (secondary N) is 1. The van der Waals surface area contributed by atoms with E-state index < -0.39 is 0 Å². The van der Waals surface area contributed by atoms with E-state index in [1.54, 1.807) is 0 Å². The lowest BCUT2D eigenvalue weighted by molar-refractivity contribution is 0.807. The molecule has 0 amide bonds. The lowest BCUT2D eigenvalue weighted by Gasteiger charge is -2.27. The minimum Gasteiger partial charge on any atom is -0.377 e. The van der Waals surface area contributed by atoms with Gasteiger partial charge in [-0.3, -0.25) is 0 Å². The first-order chi connectivity index (χ1) is 16.7. The third kappa shape index (κ3) is 3.58. The highest BCUT2D eigenvalue weighted by atomic mass is 14.9. The normalized spacial score (nSPS) is 14.6. The molecule has 1 nitrogen and oxygen atoms in total. The zero-order chi connectivity index (χ0) is 23.1. The van der Waals surface area contributed by atoms with Crippen molar-refractivity contribution in [2.45, 2.75) is 32.2 Å². The zero-order valence-electron chi connectivity index (χ0n) is 19.8. The second-order valence-corrected chi connectivity index (χ2v) is 9.56. The topological polar surface area (TPSA) is 12.0 Å². The average Bonchev–Trinajstić information content (AvgIpc) is 3.22. The quantitative estimate of drug-likeness (QED) is 0.271. The van der Waals surface area contributed by atoms with E-state index in [1.165, 1.54) is 55.4 Å². The molecule has 1 atom stereocenters. The molecule has 0 fully saturated rings. The van der Waals surface area contributed by atoms with Gasteiger partial charge in [-0.2, -0.15) is 0 Å². The van der Waals surface area contributed by atoms with Crippen molar-refractivity contribution in [3.8, 4) is 0 Å². The number of hydrogen-bond acceptors (Lipinski definition) is 1. The SMILES string of the molecule is Cc1cc(C)c(NC2Cc3cccc4cccc2c34)c(C(c2ccccc2)c2ccccc2)c1. The van der Waals surface area contributed by atoms with Gasteiger partial charge in [0.1, 0.15) is 0 Å². The summed E-state index contributed by atoms with van der Waals surface area (Å²) in [6.07, 6.45) is 1.02. The highest BCUT2D eigenvalue weighted by Crippen LogP contribution is 2.43. The smallest absolute Gasteiger partial charge is 0.0560 e. The first-order valence-electron chi connectivity index (χ1n) is 12.2. The summed E-state index contributed by atoms with van der Waals surface area (Å²) in [5, 5.41) is 6.80. The van der Waals surface area contributed by atoms with Crippen molar-refractivity contribution in [3.63, 3.8) is 0 Å². The molecule has 0 heterocycles. The molecule has 6 rings (SSSR count). The summed E-state index contributed by atoms with van der Waals surface area (Å²) >= 11 is 0. The van der Waals surface area contributed by atoms with Crippen molar-refractivity contribution >= 4 is 16.5 Å². The molecule has 0 radical (unpaired) electrons. The maximum Gasteiger partial charge on any atom is 0.0560 e. The molecule has 1 aliphatic rings. The van der Waals surface area contributed by atoms with Crippen molar-refractivity contribution in [1.82, 2.24) is 0 Å². The number of rotatable bonds is 5. The summed E-state index contributed by atoms with van der Waals surface area (Å²) in [5.74, 6) is 0.170. The van der Waals surface area contributed by atoms with Crippen molar-refractivity contribution in [2.75, 3.05) is 5.32 Å². The fourth-order valence-electron chi connectivity index (χ4n) is 5.81. The van der Waals surface area contributed by atoms with E-state index in [0.29, 0.717) is 0 Å². The molecule has 5 aromatic carbocycles. The number of hydrogen-bond donors (Lipinski definition) is 1. The summed E-state index contributed by atoms with van der Waals surface area (Å²) in [6, 6.07) is 40.2. The second-order valence-electron chi connectivity index (χ2n) is 9.56. The predicted octanol–water partition coefficient (Wildman–Crippen LogP) is 8.35. The fourth-order valence-corrected chi connectivity index (χ4v) is 5.81. The number of benzene rings is 5. The number of anilines is 1. The second kappa shape index (κ2) is 8.50. The van der Waals surface area contributed by atoms with Crippen LogP contribution in [0.3, 0.4) is 0 Å². The van der Waals surface area contributed by atoms with E-state index in [-0.39, 0.29) is 12.0 Å². The molecule has 1 aliphatic carbocycles. The Hall–Kier alpha value is -3.84. The highest BCUT2D eigenvalue weighted by Gasteiger charge is 2.27. The Kier molecular flexibility index (Phi) is 5.19. The summed E-state index contributed by atoms with van der Waals surface area (Å²) < 4.78 is 0. The molecule has 166 valence electrons. The summed E-state index contributed by atoms with van der Waals surface area (Å²) in [6.45, 7) is 4.45. The van der Waals surface area contributed by atoms with Crippen molar-refractivity contribution in [3.05, 3.63) is 148 Å². The molecule has 0 spiro atoms. The molecule has 0 saturated heterocycles. The van der Waals surface area contributed by atoms with Crippen molar-refractivity contribution < 1.29 is 0 Å². The van der Waals surface area contributed by atoms with Crippen LogP contribution in [0.5, 0.6) is 0 Å². The van der Waals surface area contributed by atoms with Gasteiger partial charge in [-0.15, -0.1) is 0 Å². The van der Waals surface area contributed by atoms with Crippen LogP contribution in [0.15, 0.2) is 109 Å². The molecule has 0 aromatic heterocycles. The Morgan fingerprint density at radius 2 is 1.35 bits per heavy atom. The van der Waals surface area contributed by atoms with Gasteiger partial charge in [0.15, 0.2) is 0 Å². The Balaban J connectivity index is 1.50. The van der Waals surface area contributed by atoms with E-state index in [1.807, 2.05) is 0 Å². The van der Waals surface area contributed by atoms with Gasteiger partial charge in [-0.25, -0.2) is 0 Å². The van der Waals surface area contributed by atoms with Crippen LogP contribution in [-0.2, 0) is 6.42 Å². The Bertz CT molecular complexity index is 1420. The van der Waals surface area contributed by atoms with Gasteiger partial charge >= 0.3 is 0 Å². The van der Waals surface area contributed by atoms with Gasteiger partial charge in [0.2, 0.25) is 0 Å². The minimum atomic E-state index is 0.170. The van der Waals surface area contributed by atoms with Crippen molar-refractivity contribution in [2.24, 2.45) is 0 Å². The molecule has 0 bridgehead atoms. The van der Waals surface area contributed by atoms with E-state index >= 15 is 0 Å². The molecule has 5 aromatic rings. The fraction of sp³-hybridized carbons (Fsp3) is 0.152. The monoisotopic (exact) mass is 439 g/mol. The van der Waals surface area contributed by atoms with Gasteiger partial charge in [-0.1, -0.05) is 115 Å². The van der Waals surface area contributed by atoms with Gasteiger partial charge in [0.05, 0.1) is 6.04 Å². The first kappa shape index (κ1) is 20.7. The van der Waals surface area contributed by atoms with Crippen LogP contribution in [-0.4, -0.2) is 0 Å². The molecule has 1 heteroatoms. The molecule has 1 N–H and O–H groups in total. The van der Waals surface area contributed by atoms with E-state index in [0.717, 1.165) is 6.42 Å². The van der Waals surface area contributed by atoms with Crippen LogP contribution in [0.4, 0.5) is 5.69 Å². The van der Waals surface area contributed by atoms with Crippen LogP contribution in [0.2, 0.25) is 0 Å². The highest BCUT2D eigenvalue weighted by molar-refractivity contribution is 5.92. The summed E-state index contributed by atoms with van der Waals surface area (Å²) in [4.78, 5) is 0. The van der Waals surface area contributed by atoms with Gasteiger partial charge in [0.25, 0.3) is 0 Å². The third-order valence-electron chi connectivity index (χ3n) is 7.23. The molecular weight excluding hydrogens is 410 g/mol. The third-order valence-corrected chi connectivity index (χ3v) is 7.23. The van der Waals surface area contributed by atoms with Crippen LogP contribution < -0.4 is 5.32 Å². The van der Waals surface area contributed by atoms with Crippen molar-refractivity contribution in [1.29, 1.82) is 0 Å². The average molecular weight is 440 g/mol. The zero-order valence-corrected chi connectivity index (χ0v) is 19.8. The Labute approximate surface area is 202 Å². The van der Waals surface area contributed by atoms with Gasteiger partial charge in [-0.05, 0) is 64.4 Å². The maximum atomic E-state index is 4.03. The maximum absolute atomic E-state index is 4.03. The molecule has 0 aliphatic heterocycles. The van der Waals surface area contributed by atoms with Crippen LogP contribution >= 0.6 is 0 Å². The standard InChI is InChI=1S/C33H29N/c1-22-19-23(2)33(34-30-21-27-17-9-15-26-16-10-18-28(30)32(26)27)29(20-22)31(24-11-5-3-6-12-24)25-13-7-4-8-14-25/h3-20,30-31,34H,21H2,1-2H3. The lowest BCUT2D eigenvalue weighted by atomic mass is 9.82. The summed E-state index contributed by atoms with van der Waals surface area (Å²) in [7, 11) is 0. The molecule has 1 unspecified atom stereocenters. The van der Waals surface area contributed by atoms with E-state index in [9.17, 15) is 0 Å². The van der Waals surface area contributed by atoms with E-state index in [2.05, 4.69) is 128 Å². The van der Waals surface area contributed by atoms with Crippen LogP contribution in [0, 0.1) is 13.8 Å². The minimum absolute atomic E-state index is 0.170. The Morgan fingerprint density at radius 1 is 0.706 bits per heavy atom. The van der Waals surface area contributed by atoms with Gasteiger partial charge < -0.3 is 5.32 Å². The summed E-state index contributed by atoms with van der Waals surface area (Å²) in [5.41, 5.74) is 10.7. The van der Waals surface area contributed by atoms with Gasteiger partial charge in [0, 0.05) is 11.6 Å². The first-order valence-corrected chi connectivity index (χ1v) is 12.2. The van der Waals surface area contributed by atoms with Crippen LogP contribution in [0.25, 0.3) is 10.8 Å². The van der Waals surface area contributed by atoms with Crippen LogP contribution in [0.1, 0.15) is 50.9 Å². The van der Waals surface area contributed by atoms with E-state index in [4.69, 9.17) is 0 Å². The molecule has 34 heavy (non-hydrogen) atoms. The predicted molar refractivity (Wildman–Crippen MR) is 144 cm³/mol. The largest absolute Gasteiger partial charge is 0.377 e. The molecular formula is C33H29N. The number of aryl methyl sites for hydroxylation is 2. The molecule has 0 saturated carbocycles. The lowest BCUT2D eigenvalue weighted by Crippen LogP contribution is -2.15.